The number of rotatable bonds is 6. The van der Waals surface area contributed by atoms with Crippen LogP contribution >= 0.6 is 7.92 Å². The first-order valence-electron chi connectivity index (χ1n) is 13.6. The van der Waals surface area contributed by atoms with Crippen LogP contribution in [0, 0.1) is 5.82 Å². The maximum Gasteiger partial charge on any atom is 0.123 e. The number of halogens is 1. The monoisotopic (exact) mass is 487 g/mol. The van der Waals surface area contributed by atoms with Crippen molar-refractivity contribution in [2.45, 2.75) is 75.5 Å². The van der Waals surface area contributed by atoms with Gasteiger partial charge in [-0.05, 0) is 77.2 Å². The van der Waals surface area contributed by atoms with Gasteiger partial charge in [0.15, 0.2) is 0 Å². The summed E-state index contributed by atoms with van der Waals surface area (Å²) in [6.07, 6.45) is 13.9. The van der Waals surface area contributed by atoms with Crippen molar-refractivity contribution in [1.29, 1.82) is 0 Å². The summed E-state index contributed by atoms with van der Waals surface area (Å²) in [6, 6.07) is 22.9. The second kappa shape index (κ2) is 11.3. The maximum atomic E-state index is 14.3. The topological polar surface area (TPSA) is 3.24 Å². The molecule has 2 aliphatic rings. The Kier molecular flexibility index (Phi) is 7.88. The van der Waals surface area contributed by atoms with E-state index >= 15 is 0 Å². The quantitative estimate of drug-likeness (QED) is 0.314. The summed E-state index contributed by atoms with van der Waals surface area (Å²) in [4.78, 5) is 2.22. The van der Waals surface area contributed by atoms with E-state index in [1.807, 2.05) is 6.07 Å². The molecule has 184 valence electrons. The summed E-state index contributed by atoms with van der Waals surface area (Å²) in [5, 5.41) is 1.59. The Balaban J connectivity index is 1.70. The molecule has 0 spiro atoms. The average molecular weight is 488 g/mol. The highest BCUT2D eigenvalue weighted by atomic mass is 31.1. The van der Waals surface area contributed by atoms with E-state index < -0.39 is 0 Å². The lowest BCUT2D eigenvalue weighted by Gasteiger charge is -2.40. The fraction of sp³-hybridized carbons (Fsp3) is 0.438. The Morgan fingerprint density at radius 1 is 0.686 bits per heavy atom. The lowest BCUT2D eigenvalue weighted by molar-refractivity contribution is 0.487. The van der Waals surface area contributed by atoms with Gasteiger partial charge in [0.05, 0.1) is 0 Å². The van der Waals surface area contributed by atoms with Gasteiger partial charge < -0.3 is 4.90 Å². The first-order chi connectivity index (χ1) is 17.1. The highest BCUT2D eigenvalue weighted by Crippen LogP contribution is 2.57. The molecule has 2 fully saturated rings. The number of anilines is 1. The van der Waals surface area contributed by atoms with Crippen LogP contribution in [0.2, 0.25) is 0 Å². The predicted molar refractivity (Wildman–Crippen MR) is 152 cm³/mol. The van der Waals surface area contributed by atoms with Crippen LogP contribution in [0.5, 0.6) is 0 Å². The first kappa shape index (κ1) is 24.5. The van der Waals surface area contributed by atoms with Crippen molar-refractivity contribution in [2.24, 2.45) is 0 Å². The Hall–Kier alpha value is -2.18. The summed E-state index contributed by atoms with van der Waals surface area (Å²) >= 11 is 0. The number of benzene rings is 3. The zero-order valence-corrected chi connectivity index (χ0v) is 22.2. The van der Waals surface area contributed by atoms with Crippen molar-refractivity contribution in [3.8, 4) is 22.3 Å². The molecule has 3 aromatic carbocycles. The van der Waals surface area contributed by atoms with Gasteiger partial charge in [0.1, 0.15) is 5.82 Å². The third-order valence-electron chi connectivity index (χ3n) is 8.05. The lowest BCUT2D eigenvalue weighted by atomic mass is 9.92. The molecule has 2 saturated carbocycles. The van der Waals surface area contributed by atoms with Crippen LogP contribution in [0.25, 0.3) is 22.3 Å². The van der Waals surface area contributed by atoms with E-state index in [0.717, 1.165) is 22.4 Å². The standard InChI is InChI=1S/C32H39FNP/c1-34(2)30-21-12-20-28(24-13-11-14-25(33)23-24)32(30)29-19-9-10-22-31(29)35(26-15-5-3-6-16-26)27-17-7-4-8-18-27/h9-14,19-23,26-27H,3-8,15-18H2,1-2H3. The van der Waals surface area contributed by atoms with Crippen molar-refractivity contribution in [3.05, 3.63) is 72.5 Å². The van der Waals surface area contributed by atoms with Crippen LogP contribution in [0.15, 0.2) is 66.7 Å². The van der Waals surface area contributed by atoms with E-state index in [0.29, 0.717) is 0 Å². The summed E-state index contributed by atoms with van der Waals surface area (Å²) < 4.78 is 14.3. The highest BCUT2D eigenvalue weighted by molar-refractivity contribution is 7.67. The molecule has 0 radical (unpaired) electrons. The Morgan fingerprint density at radius 3 is 1.91 bits per heavy atom. The smallest absolute Gasteiger partial charge is 0.123 e. The van der Waals surface area contributed by atoms with E-state index in [9.17, 15) is 4.39 Å². The molecule has 0 atom stereocenters. The second-order valence-corrected chi connectivity index (χ2v) is 13.4. The highest BCUT2D eigenvalue weighted by Gasteiger charge is 2.34. The number of nitrogens with zero attached hydrogens (tertiary/aromatic N) is 1. The molecule has 0 aliphatic heterocycles. The minimum atomic E-state index is -0.248. The molecule has 0 heterocycles. The van der Waals surface area contributed by atoms with Crippen LogP contribution in [0.4, 0.5) is 10.1 Å². The van der Waals surface area contributed by atoms with Crippen LogP contribution in [0.3, 0.4) is 0 Å². The number of hydrogen-bond donors (Lipinski definition) is 0. The number of hydrogen-bond acceptors (Lipinski definition) is 1. The largest absolute Gasteiger partial charge is 0.377 e. The summed E-state index contributed by atoms with van der Waals surface area (Å²) in [7, 11) is 4.01. The molecule has 35 heavy (non-hydrogen) atoms. The van der Waals surface area contributed by atoms with Crippen LogP contribution in [-0.4, -0.2) is 25.4 Å². The van der Waals surface area contributed by atoms with Crippen molar-refractivity contribution >= 4 is 18.9 Å². The zero-order valence-electron chi connectivity index (χ0n) is 21.3. The maximum absolute atomic E-state index is 14.3. The summed E-state index contributed by atoms with van der Waals surface area (Å²) in [5.41, 5.74) is 7.61. The summed E-state index contributed by atoms with van der Waals surface area (Å²) in [5.74, 6) is -0.177. The molecule has 0 bridgehead atoms. The Morgan fingerprint density at radius 2 is 1.29 bits per heavy atom. The molecular weight excluding hydrogens is 448 g/mol. The minimum absolute atomic E-state index is 0.177. The molecule has 5 rings (SSSR count). The van der Waals surface area contributed by atoms with Crippen LogP contribution < -0.4 is 10.2 Å². The average Bonchev–Trinajstić information content (AvgIpc) is 2.90. The van der Waals surface area contributed by atoms with E-state index in [-0.39, 0.29) is 13.7 Å². The van der Waals surface area contributed by atoms with Gasteiger partial charge in [0.25, 0.3) is 0 Å². The molecule has 0 unspecified atom stereocenters. The third-order valence-corrected chi connectivity index (χ3v) is 11.6. The van der Waals surface area contributed by atoms with Crippen LogP contribution in [0.1, 0.15) is 64.2 Å². The zero-order chi connectivity index (χ0) is 24.2. The fourth-order valence-corrected chi connectivity index (χ4v) is 10.4. The lowest BCUT2D eigenvalue weighted by Crippen LogP contribution is -2.27. The van der Waals surface area contributed by atoms with Crippen molar-refractivity contribution in [3.63, 3.8) is 0 Å². The van der Waals surface area contributed by atoms with E-state index in [1.165, 1.54) is 81.0 Å². The molecule has 0 aromatic heterocycles. The SMILES string of the molecule is CN(C)c1cccc(-c2cccc(F)c2)c1-c1ccccc1P(C1CCCCC1)C1CCCCC1. The van der Waals surface area contributed by atoms with E-state index in [2.05, 4.69) is 67.5 Å². The van der Waals surface area contributed by atoms with Gasteiger partial charge in [0, 0.05) is 25.3 Å². The molecule has 1 nitrogen and oxygen atoms in total. The van der Waals surface area contributed by atoms with E-state index in [4.69, 9.17) is 0 Å². The fourth-order valence-electron chi connectivity index (χ4n) is 6.41. The van der Waals surface area contributed by atoms with Crippen molar-refractivity contribution in [1.82, 2.24) is 0 Å². The van der Waals surface area contributed by atoms with Crippen molar-refractivity contribution < 1.29 is 4.39 Å². The molecular formula is C32H39FNP. The first-order valence-corrected chi connectivity index (χ1v) is 15.1. The molecule has 3 aromatic rings. The van der Waals surface area contributed by atoms with E-state index in [1.54, 1.807) is 17.4 Å². The van der Waals surface area contributed by atoms with Gasteiger partial charge in [0.2, 0.25) is 0 Å². The van der Waals surface area contributed by atoms with Gasteiger partial charge >= 0.3 is 0 Å². The van der Waals surface area contributed by atoms with Gasteiger partial charge in [-0.2, -0.15) is 0 Å². The second-order valence-electron chi connectivity index (χ2n) is 10.6. The van der Waals surface area contributed by atoms with Crippen LogP contribution in [-0.2, 0) is 0 Å². The van der Waals surface area contributed by atoms with Crippen molar-refractivity contribution in [2.75, 3.05) is 19.0 Å². The van der Waals surface area contributed by atoms with Gasteiger partial charge in [-0.15, -0.1) is 0 Å². The molecule has 0 saturated heterocycles. The molecule has 0 amide bonds. The van der Waals surface area contributed by atoms with Gasteiger partial charge in [-0.25, -0.2) is 4.39 Å². The Bertz CT molecular complexity index is 1110. The molecule has 2 aliphatic carbocycles. The summed E-state index contributed by atoms with van der Waals surface area (Å²) in [6.45, 7) is 0. The minimum Gasteiger partial charge on any atom is -0.377 e. The Labute approximate surface area is 212 Å². The molecule has 3 heteroatoms. The normalized spacial score (nSPS) is 17.6. The predicted octanol–water partition coefficient (Wildman–Crippen LogP) is 9.00. The van der Waals surface area contributed by atoms with Gasteiger partial charge in [-0.3, -0.25) is 0 Å². The van der Waals surface area contributed by atoms with Gasteiger partial charge in [-0.1, -0.05) is 95.0 Å². The third kappa shape index (κ3) is 5.34. The molecule has 0 N–H and O–H groups in total.